The predicted octanol–water partition coefficient (Wildman–Crippen LogP) is 2.80. The van der Waals surface area contributed by atoms with Crippen molar-refractivity contribution in [3.8, 4) is 5.88 Å². The number of rotatable bonds is 5. The Balaban J connectivity index is 2.07. The summed E-state index contributed by atoms with van der Waals surface area (Å²) in [5, 5.41) is 4.98. The highest BCUT2D eigenvalue weighted by molar-refractivity contribution is 6.34. The lowest BCUT2D eigenvalue weighted by atomic mass is 9.86. The van der Waals surface area contributed by atoms with Gasteiger partial charge in [-0.05, 0) is 5.41 Å². The molecule has 0 fully saturated rings. The van der Waals surface area contributed by atoms with Crippen LogP contribution in [0.15, 0.2) is 4.99 Å². The summed E-state index contributed by atoms with van der Waals surface area (Å²) in [5.41, 5.74) is 0.931. The van der Waals surface area contributed by atoms with Crippen LogP contribution >= 0.6 is 11.6 Å². The normalized spacial score (nSPS) is 18.1. The molecular weight excluding hydrogens is 278 g/mol. The van der Waals surface area contributed by atoms with Crippen molar-refractivity contribution >= 4 is 17.8 Å². The molecule has 0 saturated carbocycles. The highest BCUT2D eigenvalue weighted by atomic mass is 35.5. The Morgan fingerprint density at radius 3 is 2.80 bits per heavy atom. The second-order valence-electron chi connectivity index (χ2n) is 6.04. The van der Waals surface area contributed by atoms with E-state index in [2.05, 4.69) is 30.9 Å². The lowest BCUT2D eigenvalue weighted by Crippen LogP contribution is -2.33. The second-order valence-corrected chi connectivity index (χ2v) is 6.42. The van der Waals surface area contributed by atoms with E-state index in [0.29, 0.717) is 24.1 Å². The first-order valence-corrected chi connectivity index (χ1v) is 7.22. The van der Waals surface area contributed by atoms with E-state index in [1.54, 1.807) is 13.3 Å². The number of hydrogen-bond acceptors (Lipinski definition) is 4. The van der Waals surface area contributed by atoms with E-state index in [-0.39, 0.29) is 11.5 Å². The molecule has 1 aromatic heterocycles. The van der Waals surface area contributed by atoms with Crippen molar-refractivity contribution in [2.24, 2.45) is 10.4 Å². The lowest BCUT2D eigenvalue weighted by Gasteiger charge is -2.29. The number of halogens is 1. The quantitative estimate of drug-likeness (QED) is 0.786. The summed E-state index contributed by atoms with van der Waals surface area (Å²) < 4.78 is 12.5. The van der Waals surface area contributed by atoms with Gasteiger partial charge in [0.25, 0.3) is 5.88 Å². The summed E-state index contributed by atoms with van der Waals surface area (Å²) in [7, 11) is 1.67. The number of aliphatic imine (C=N–C) groups is 1. The van der Waals surface area contributed by atoms with Crippen molar-refractivity contribution in [3.63, 3.8) is 0 Å². The third-order valence-corrected chi connectivity index (χ3v) is 3.71. The number of nitrogens with zero attached hydrogens (tertiary/aromatic N) is 3. The van der Waals surface area contributed by atoms with E-state index in [4.69, 9.17) is 21.1 Å². The number of methoxy groups -OCH3 is 1. The maximum Gasteiger partial charge on any atom is 0.252 e. The van der Waals surface area contributed by atoms with Gasteiger partial charge in [0.2, 0.25) is 0 Å². The van der Waals surface area contributed by atoms with Crippen LogP contribution in [-0.2, 0) is 11.3 Å². The second kappa shape index (κ2) is 6.14. The van der Waals surface area contributed by atoms with Gasteiger partial charge in [0.15, 0.2) is 0 Å². The molecule has 2 heterocycles. The lowest BCUT2D eigenvalue weighted by molar-refractivity contribution is 0.170. The molecule has 2 rings (SSSR count). The van der Waals surface area contributed by atoms with Crippen LogP contribution in [0.4, 0.5) is 0 Å². The van der Waals surface area contributed by atoms with Crippen LogP contribution in [0.25, 0.3) is 0 Å². The molecule has 0 N–H and O–H groups in total. The Morgan fingerprint density at radius 1 is 1.40 bits per heavy atom. The van der Waals surface area contributed by atoms with E-state index in [9.17, 15) is 0 Å². The van der Waals surface area contributed by atoms with Gasteiger partial charge in [-0.2, -0.15) is 0 Å². The van der Waals surface area contributed by atoms with Crippen molar-refractivity contribution in [1.29, 1.82) is 0 Å². The fraction of sp³-hybridized carbons (Fsp3) is 0.714. The molecule has 1 aliphatic rings. The molecule has 0 aromatic carbocycles. The minimum atomic E-state index is 0.103. The highest BCUT2D eigenvalue weighted by Gasteiger charge is 2.29. The van der Waals surface area contributed by atoms with Crippen LogP contribution in [-0.4, -0.2) is 42.4 Å². The van der Waals surface area contributed by atoms with Crippen LogP contribution in [0.1, 0.15) is 32.9 Å². The Bertz CT molecular complexity index is 491. The average molecular weight is 300 g/mol. The SMILES string of the molecule is COCCCOc1nn2c(c1Cl)C=N[C@H](C(C)(C)C)C2. The summed E-state index contributed by atoms with van der Waals surface area (Å²) in [6, 6.07) is 0.201. The van der Waals surface area contributed by atoms with E-state index < -0.39 is 0 Å². The Kier molecular flexibility index (Phi) is 4.70. The first-order chi connectivity index (χ1) is 9.43. The number of aromatic nitrogens is 2. The minimum absolute atomic E-state index is 0.103. The standard InChI is InChI=1S/C14H22ClN3O2/c1-14(2,3)11-9-18-10(8-16-11)12(15)13(17-18)20-7-5-6-19-4/h8,11H,5-7,9H2,1-4H3/t11-/m0/s1. The molecule has 0 amide bonds. The highest BCUT2D eigenvalue weighted by Crippen LogP contribution is 2.32. The van der Waals surface area contributed by atoms with E-state index in [1.807, 2.05) is 4.68 Å². The van der Waals surface area contributed by atoms with Gasteiger partial charge in [-0.15, -0.1) is 5.10 Å². The molecule has 20 heavy (non-hydrogen) atoms. The monoisotopic (exact) mass is 299 g/mol. The zero-order chi connectivity index (χ0) is 14.8. The van der Waals surface area contributed by atoms with E-state index in [0.717, 1.165) is 18.7 Å². The topological polar surface area (TPSA) is 48.6 Å². The maximum atomic E-state index is 6.29. The molecule has 0 saturated heterocycles. The minimum Gasteiger partial charge on any atom is -0.475 e. The molecule has 0 unspecified atom stereocenters. The summed E-state index contributed by atoms with van der Waals surface area (Å²) in [5.74, 6) is 0.485. The molecule has 1 aromatic rings. The molecule has 6 heteroatoms. The molecule has 1 aliphatic heterocycles. The van der Waals surface area contributed by atoms with E-state index >= 15 is 0 Å². The van der Waals surface area contributed by atoms with Gasteiger partial charge >= 0.3 is 0 Å². The van der Waals surface area contributed by atoms with Crippen molar-refractivity contribution in [3.05, 3.63) is 10.7 Å². The maximum absolute atomic E-state index is 6.29. The number of fused-ring (bicyclic) bond motifs is 1. The zero-order valence-corrected chi connectivity index (χ0v) is 13.3. The van der Waals surface area contributed by atoms with E-state index in [1.165, 1.54) is 0 Å². The Hall–Kier alpha value is -1.07. The number of ether oxygens (including phenoxy) is 2. The average Bonchev–Trinajstić information content (AvgIpc) is 2.70. The largest absolute Gasteiger partial charge is 0.475 e. The van der Waals surface area contributed by atoms with Gasteiger partial charge in [-0.1, -0.05) is 32.4 Å². The first kappa shape index (κ1) is 15.3. The van der Waals surface area contributed by atoms with Gasteiger partial charge in [0.05, 0.1) is 19.2 Å². The van der Waals surface area contributed by atoms with Crippen LogP contribution in [0.2, 0.25) is 5.02 Å². The third-order valence-electron chi connectivity index (χ3n) is 3.36. The molecule has 5 nitrogen and oxygen atoms in total. The summed E-state index contributed by atoms with van der Waals surface area (Å²) in [6.45, 7) is 8.47. The summed E-state index contributed by atoms with van der Waals surface area (Å²) >= 11 is 6.29. The van der Waals surface area contributed by atoms with Gasteiger partial charge in [-0.3, -0.25) is 9.67 Å². The zero-order valence-electron chi connectivity index (χ0n) is 12.5. The van der Waals surface area contributed by atoms with Crippen LogP contribution < -0.4 is 4.74 Å². The van der Waals surface area contributed by atoms with Gasteiger partial charge in [-0.25, -0.2) is 0 Å². The van der Waals surface area contributed by atoms with Crippen molar-refractivity contribution in [2.45, 2.75) is 39.8 Å². The smallest absolute Gasteiger partial charge is 0.252 e. The summed E-state index contributed by atoms with van der Waals surface area (Å²) in [4.78, 5) is 4.58. The molecule has 1 atom stereocenters. The molecule has 0 aliphatic carbocycles. The summed E-state index contributed by atoms with van der Waals surface area (Å²) in [6.07, 6.45) is 2.62. The molecule has 0 bridgehead atoms. The fourth-order valence-corrected chi connectivity index (χ4v) is 2.26. The van der Waals surface area contributed by atoms with Crippen molar-refractivity contribution in [2.75, 3.05) is 20.3 Å². The molecule has 0 radical (unpaired) electrons. The molecular formula is C14H22ClN3O2. The van der Waals surface area contributed by atoms with Crippen LogP contribution in [0.5, 0.6) is 5.88 Å². The molecule has 112 valence electrons. The molecule has 0 spiro atoms. The first-order valence-electron chi connectivity index (χ1n) is 6.84. The van der Waals surface area contributed by atoms with Gasteiger partial charge in [0.1, 0.15) is 10.7 Å². The predicted molar refractivity (Wildman–Crippen MR) is 80.1 cm³/mol. The van der Waals surface area contributed by atoms with Crippen molar-refractivity contribution in [1.82, 2.24) is 9.78 Å². The van der Waals surface area contributed by atoms with Gasteiger partial charge in [0, 0.05) is 26.4 Å². The Labute approximate surface area is 124 Å². The van der Waals surface area contributed by atoms with Crippen molar-refractivity contribution < 1.29 is 9.47 Å². The van der Waals surface area contributed by atoms with Gasteiger partial charge < -0.3 is 9.47 Å². The van der Waals surface area contributed by atoms with Crippen LogP contribution in [0, 0.1) is 5.41 Å². The van der Waals surface area contributed by atoms with Crippen LogP contribution in [0.3, 0.4) is 0 Å². The third kappa shape index (κ3) is 3.33. The fourth-order valence-electron chi connectivity index (χ4n) is 2.03. The Morgan fingerprint density at radius 2 is 2.15 bits per heavy atom. The number of hydrogen-bond donors (Lipinski definition) is 0.